The van der Waals surface area contributed by atoms with E-state index in [0.29, 0.717) is 5.95 Å². The minimum absolute atomic E-state index is 0.143. The molecule has 0 aliphatic carbocycles. The first-order chi connectivity index (χ1) is 6.63. The van der Waals surface area contributed by atoms with Gasteiger partial charge in [-0.2, -0.15) is 0 Å². The molecule has 1 heterocycles. The van der Waals surface area contributed by atoms with Crippen LogP contribution in [0.3, 0.4) is 0 Å². The molecule has 5 nitrogen and oxygen atoms in total. The maximum atomic E-state index is 11.4. The van der Waals surface area contributed by atoms with E-state index in [1.165, 1.54) is 12.3 Å². The largest absolute Gasteiger partial charge is 0.458 e. The van der Waals surface area contributed by atoms with E-state index in [4.69, 9.17) is 4.74 Å². The molecule has 0 bridgehead atoms. The number of carbonyl (C=O) groups is 1. The molecule has 76 valence electrons. The summed E-state index contributed by atoms with van der Waals surface area (Å²) in [6.45, 7) is 3.58. The van der Waals surface area contributed by atoms with Crippen LogP contribution >= 0.6 is 0 Å². The van der Waals surface area contributed by atoms with Crippen molar-refractivity contribution in [1.82, 2.24) is 9.97 Å². The van der Waals surface area contributed by atoms with Crippen LogP contribution in [0.15, 0.2) is 12.3 Å². The second-order valence-corrected chi connectivity index (χ2v) is 2.97. The van der Waals surface area contributed by atoms with Crippen LogP contribution in [0, 0.1) is 0 Å². The predicted molar refractivity (Wildman–Crippen MR) is 52.1 cm³/mol. The number of esters is 1. The molecule has 0 aromatic carbocycles. The summed E-state index contributed by atoms with van der Waals surface area (Å²) in [5, 5.41) is 2.75. The third kappa shape index (κ3) is 2.69. The van der Waals surface area contributed by atoms with Gasteiger partial charge in [-0.25, -0.2) is 14.8 Å². The van der Waals surface area contributed by atoms with E-state index < -0.39 is 5.97 Å². The summed E-state index contributed by atoms with van der Waals surface area (Å²) in [5.74, 6) is -0.0258. The normalized spacial score (nSPS) is 10.0. The standard InChI is InChI=1S/C9H13N3O2/c1-6(2)14-8(13)7-4-5-11-9(10-3)12-7/h4-6H,1-3H3,(H,10,11,12). The number of aromatic nitrogens is 2. The van der Waals surface area contributed by atoms with Gasteiger partial charge in [0.1, 0.15) is 0 Å². The number of nitrogens with zero attached hydrogens (tertiary/aromatic N) is 2. The molecule has 0 fully saturated rings. The minimum atomic E-state index is -0.432. The van der Waals surface area contributed by atoms with Gasteiger partial charge in [-0.05, 0) is 19.9 Å². The van der Waals surface area contributed by atoms with Crippen molar-refractivity contribution >= 4 is 11.9 Å². The fourth-order valence-electron chi connectivity index (χ4n) is 0.867. The first kappa shape index (κ1) is 10.4. The average Bonchev–Trinajstić information content (AvgIpc) is 2.17. The maximum absolute atomic E-state index is 11.4. The van der Waals surface area contributed by atoms with Crippen LogP contribution in [0.5, 0.6) is 0 Å². The highest BCUT2D eigenvalue weighted by molar-refractivity contribution is 5.87. The van der Waals surface area contributed by atoms with Crippen molar-refractivity contribution in [3.63, 3.8) is 0 Å². The number of carbonyl (C=O) groups excluding carboxylic acids is 1. The van der Waals surface area contributed by atoms with E-state index in [1.807, 2.05) is 0 Å². The van der Waals surface area contributed by atoms with Gasteiger partial charge in [0.05, 0.1) is 6.10 Å². The zero-order valence-electron chi connectivity index (χ0n) is 8.44. The molecule has 0 radical (unpaired) electrons. The molecule has 0 aliphatic rings. The van der Waals surface area contributed by atoms with Crippen LogP contribution in [0.2, 0.25) is 0 Å². The van der Waals surface area contributed by atoms with Crippen LogP contribution < -0.4 is 5.32 Å². The molecule has 0 amide bonds. The highest BCUT2D eigenvalue weighted by Gasteiger charge is 2.11. The van der Waals surface area contributed by atoms with Crippen LogP contribution in [-0.2, 0) is 4.74 Å². The molecule has 1 N–H and O–H groups in total. The Morgan fingerprint density at radius 3 is 2.86 bits per heavy atom. The molecule has 0 saturated carbocycles. The second kappa shape index (κ2) is 4.55. The summed E-state index contributed by atoms with van der Waals surface area (Å²) in [6, 6.07) is 1.52. The van der Waals surface area contributed by atoms with Crippen molar-refractivity contribution in [1.29, 1.82) is 0 Å². The highest BCUT2D eigenvalue weighted by atomic mass is 16.5. The number of nitrogens with one attached hydrogen (secondary N) is 1. The lowest BCUT2D eigenvalue weighted by molar-refractivity contribution is 0.0371. The third-order valence-corrected chi connectivity index (χ3v) is 1.43. The Hall–Kier alpha value is -1.65. The third-order valence-electron chi connectivity index (χ3n) is 1.43. The van der Waals surface area contributed by atoms with Gasteiger partial charge in [-0.15, -0.1) is 0 Å². The molecule has 0 aliphatic heterocycles. The molecule has 1 rings (SSSR count). The van der Waals surface area contributed by atoms with E-state index in [0.717, 1.165) is 0 Å². The summed E-state index contributed by atoms with van der Waals surface area (Å²) < 4.78 is 4.98. The Kier molecular flexibility index (Phi) is 3.39. The molecule has 1 aromatic rings. The molecular formula is C9H13N3O2. The average molecular weight is 195 g/mol. The molecule has 14 heavy (non-hydrogen) atoms. The zero-order chi connectivity index (χ0) is 10.6. The van der Waals surface area contributed by atoms with Crippen molar-refractivity contribution < 1.29 is 9.53 Å². The highest BCUT2D eigenvalue weighted by Crippen LogP contribution is 2.03. The van der Waals surface area contributed by atoms with Gasteiger partial charge in [0.25, 0.3) is 0 Å². The van der Waals surface area contributed by atoms with Gasteiger partial charge < -0.3 is 10.1 Å². The van der Waals surface area contributed by atoms with Crippen molar-refractivity contribution in [2.45, 2.75) is 20.0 Å². The first-order valence-corrected chi connectivity index (χ1v) is 4.35. The van der Waals surface area contributed by atoms with E-state index >= 15 is 0 Å². The van der Waals surface area contributed by atoms with Gasteiger partial charge in [-0.1, -0.05) is 0 Å². The smallest absolute Gasteiger partial charge is 0.357 e. The second-order valence-electron chi connectivity index (χ2n) is 2.97. The number of anilines is 1. The lowest BCUT2D eigenvalue weighted by Crippen LogP contribution is -2.14. The van der Waals surface area contributed by atoms with E-state index in [9.17, 15) is 4.79 Å². The van der Waals surface area contributed by atoms with Gasteiger partial charge >= 0.3 is 5.97 Å². The Balaban J connectivity index is 2.79. The number of ether oxygens (including phenoxy) is 1. The van der Waals surface area contributed by atoms with Crippen LogP contribution in [0.1, 0.15) is 24.3 Å². The maximum Gasteiger partial charge on any atom is 0.357 e. The Morgan fingerprint density at radius 1 is 1.57 bits per heavy atom. The SMILES string of the molecule is CNc1nccc(C(=O)OC(C)C)n1. The van der Waals surface area contributed by atoms with Crippen molar-refractivity contribution in [3.8, 4) is 0 Å². The summed E-state index contributed by atoms with van der Waals surface area (Å²) >= 11 is 0. The van der Waals surface area contributed by atoms with Crippen molar-refractivity contribution in [2.75, 3.05) is 12.4 Å². The van der Waals surface area contributed by atoms with Gasteiger partial charge in [0.15, 0.2) is 5.69 Å². The van der Waals surface area contributed by atoms with Gasteiger partial charge in [-0.3, -0.25) is 0 Å². The Morgan fingerprint density at radius 2 is 2.29 bits per heavy atom. The van der Waals surface area contributed by atoms with E-state index in [1.54, 1.807) is 20.9 Å². The monoisotopic (exact) mass is 195 g/mol. The first-order valence-electron chi connectivity index (χ1n) is 4.35. The molecule has 0 saturated heterocycles. The molecule has 0 spiro atoms. The zero-order valence-corrected chi connectivity index (χ0v) is 8.44. The quantitative estimate of drug-likeness (QED) is 0.731. The molecule has 5 heteroatoms. The van der Waals surface area contributed by atoms with Crippen molar-refractivity contribution in [2.24, 2.45) is 0 Å². The van der Waals surface area contributed by atoms with Crippen LogP contribution in [0.25, 0.3) is 0 Å². The van der Waals surface area contributed by atoms with Crippen LogP contribution in [-0.4, -0.2) is 29.1 Å². The summed E-state index contributed by atoms with van der Waals surface area (Å²) in [5.41, 5.74) is 0.262. The fraction of sp³-hybridized carbons (Fsp3) is 0.444. The van der Waals surface area contributed by atoms with E-state index in [-0.39, 0.29) is 11.8 Å². The topological polar surface area (TPSA) is 64.1 Å². The number of hydrogen-bond acceptors (Lipinski definition) is 5. The number of rotatable bonds is 3. The Bertz CT molecular complexity index is 326. The lowest BCUT2D eigenvalue weighted by Gasteiger charge is -2.07. The Labute approximate surface area is 82.5 Å². The predicted octanol–water partition coefficient (Wildman–Crippen LogP) is 1.08. The molecule has 1 aromatic heterocycles. The van der Waals surface area contributed by atoms with E-state index in [2.05, 4.69) is 15.3 Å². The van der Waals surface area contributed by atoms with Crippen LogP contribution in [0.4, 0.5) is 5.95 Å². The van der Waals surface area contributed by atoms with Crippen molar-refractivity contribution in [3.05, 3.63) is 18.0 Å². The fourth-order valence-corrected chi connectivity index (χ4v) is 0.867. The van der Waals surface area contributed by atoms with Gasteiger partial charge in [0, 0.05) is 13.2 Å². The minimum Gasteiger partial charge on any atom is -0.458 e. The van der Waals surface area contributed by atoms with Gasteiger partial charge in [0.2, 0.25) is 5.95 Å². The number of hydrogen-bond donors (Lipinski definition) is 1. The summed E-state index contributed by atoms with van der Waals surface area (Å²) in [6.07, 6.45) is 1.37. The summed E-state index contributed by atoms with van der Waals surface area (Å²) in [4.78, 5) is 19.2. The summed E-state index contributed by atoms with van der Waals surface area (Å²) in [7, 11) is 1.69. The molecule has 0 unspecified atom stereocenters. The lowest BCUT2D eigenvalue weighted by atomic mass is 10.4. The molecular weight excluding hydrogens is 182 g/mol. The molecule has 0 atom stereocenters.